The molecule has 32 heavy (non-hydrogen) atoms. The highest BCUT2D eigenvalue weighted by atomic mass is 35.5. The van der Waals surface area contributed by atoms with Gasteiger partial charge in [0.05, 0.1) is 28.1 Å². The average molecular weight is 479 g/mol. The number of aromatic nitrogens is 1. The van der Waals surface area contributed by atoms with Crippen molar-refractivity contribution in [2.24, 2.45) is 5.10 Å². The van der Waals surface area contributed by atoms with Crippen LogP contribution in [0.2, 0.25) is 5.02 Å². The fourth-order valence-electron chi connectivity index (χ4n) is 2.38. The number of carbonyl (C=O) groups is 1. The number of rotatable bonds is 5. The highest BCUT2D eigenvalue weighted by molar-refractivity contribution is 7.80. The van der Waals surface area contributed by atoms with Gasteiger partial charge in [-0.3, -0.25) is 10.4 Å². The highest BCUT2D eigenvalue weighted by Crippen LogP contribution is 2.33. The van der Waals surface area contributed by atoms with Crippen LogP contribution >= 0.6 is 23.8 Å². The second-order valence-electron chi connectivity index (χ2n) is 6.22. The lowest BCUT2D eigenvalue weighted by molar-refractivity contribution is -0.137. The van der Waals surface area contributed by atoms with Crippen molar-refractivity contribution in [2.45, 2.75) is 6.18 Å². The maximum absolute atomic E-state index is 12.8. The number of carbonyl (C=O) groups excluding carboxylic acids is 1. The molecule has 0 aliphatic heterocycles. The van der Waals surface area contributed by atoms with Gasteiger partial charge in [0.2, 0.25) is 0 Å². The normalized spacial score (nSPS) is 11.2. The van der Waals surface area contributed by atoms with Gasteiger partial charge in [-0.25, -0.2) is 4.79 Å². The first-order chi connectivity index (χ1) is 15.2. The number of ether oxygens (including phenoxy) is 1. The molecule has 0 amide bonds. The number of benzene rings is 2. The highest BCUT2D eigenvalue weighted by Gasteiger charge is 2.31. The van der Waals surface area contributed by atoms with Gasteiger partial charge in [0.1, 0.15) is 5.75 Å². The number of esters is 1. The first kappa shape index (κ1) is 23.2. The zero-order chi connectivity index (χ0) is 23.1. The minimum atomic E-state index is -4.51. The lowest BCUT2D eigenvalue weighted by Crippen LogP contribution is -2.24. The van der Waals surface area contributed by atoms with Crippen molar-refractivity contribution in [3.63, 3.8) is 0 Å². The molecule has 0 atom stereocenters. The van der Waals surface area contributed by atoms with E-state index in [1.165, 1.54) is 12.4 Å². The number of hydrazone groups is 1. The number of hydrogen-bond donors (Lipinski definition) is 2. The molecule has 3 rings (SSSR count). The van der Waals surface area contributed by atoms with Crippen molar-refractivity contribution in [3.8, 4) is 5.75 Å². The molecule has 0 fully saturated rings. The molecule has 3 aromatic rings. The quantitative estimate of drug-likeness (QED) is 0.170. The second kappa shape index (κ2) is 10.2. The number of anilines is 1. The van der Waals surface area contributed by atoms with Crippen LogP contribution < -0.4 is 15.5 Å². The summed E-state index contributed by atoms with van der Waals surface area (Å²) < 4.78 is 43.8. The topological polar surface area (TPSA) is 75.6 Å². The number of thiocarbonyl (C=S) groups is 1. The summed E-state index contributed by atoms with van der Waals surface area (Å²) in [5, 5.41) is 6.50. The van der Waals surface area contributed by atoms with Gasteiger partial charge in [-0.05, 0) is 72.4 Å². The first-order valence-corrected chi connectivity index (χ1v) is 9.70. The van der Waals surface area contributed by atoms with Gasteiger partial charge in [-0.2, -0.15) is 18.3 Å². The summed E-state index contributed by atoms with van der Waals surface area (Å²) in [7, 11) is 0. The van der Waals surface area contributed by atoms with Gasteiger partial charge in [0, 0.05) is 12.4 Å². The molecule has 0 spiro atoms. The van der Waals surface area contributed by atoms with Crippen LogP contribution in [0.4, 0.5) is 18.9 Å². The predicted octanol–water partition coefficient (Wildman–Crippen LogP) is 5.29. The Morgan fingerprint density at radius 3 is 2.56 bits per heavy atom. The Kier molecular flexibility index (Phi) is 7.39. The fraction of sp³-hybridized carbons (Fsp3) is 0.0476. The number of nitrogens with one attached hydrogen (secondary N) is 2. The molecule has 0 radical (unpaired) electrons. The zero-order valence-electron chi connectivity index (χ0n) is 16.1. The Morgan fingerprint density at radius 1 is 1.16 bits per heavy atom. The monoisotopic (exact) mass is 478 g/mol. The van der Waals surface area contributed by atoms with E-state index in [0.717, 1.165) is 18.2 Å². The summed E-state index contributed by atoms with van der Waals surface area (Å²) in [5.74, 6) is -0.203. The number of halogens is 4. The standard InChI is InChI=1S/C21H14ClF3N4O2S/c22-17-8-5-15(21(23,24)25)10-18(17)28-20(32)29-27-11-13-3-6-16(7-4-13)31-19(30)14-2-1-9-26-12-14/h1-12H,(H2,28,29,32)/b27-11+. The van der Waals surface area contributed by atoms with E-state index in [2.05, 4.69) is 20.8 Å². The van der Waals surface area contributed by atoms with E-state index in [1.807, 2.05) is 0 Å². The van der Waals surface area contributed by atoms with E-state index < -0.39 is 17.7 Å². The van der Waals surface area contributed by atoms with E-state index in [-0.39, 0.29) is 15.8 Å². The molecule has 0 saturated carbocycles. The van der Waals surface area contributed by atoms with Crippen LogP contribution in [-0.4, -0.2) is 22.3 Å². The van der Waals surface area contributed by atoms with Crippen LogP contribution in [0.5, 0.6) is 5.75 Å². The largest absolute Gasteiger partial charge is 0.423 e. The molecule has 0 saturated heterocycles. The smallest absolute Gasteiger partial charge is 0.416 e. The summed E-state index contributed by atoms with van der Waals surface area (Å²) in [6.07, 6.45) is -0.131. The number of hydrogen-bond acceptors (Lipinski definition) is 5. The second-order valence-corrected chi connectivity index (χ2v) is 7.03. The Balaban J connectivity index is 1.55. The van der Waals surface area contributed by atoms with Gasteiger partial charge in [0.15, 0.2) is 5.11 Å². The third kappa shape index (κ3) is 6.50. The third-order valence-electron chi connectivity index (χ3n) is 3.91. The van der Waals surface area contributed by atoms with Crippen LogP contribution in [-0.2, 0) is 6.18 Å². The molecule has 0 bridgehead atoms. The Bertz CT molecular complexity index is 1140. The van der Waals surface area contributed by atoms with Crippen molar-refractivity contribution in [3.05, 3.63) is 88.7 Å². The zero-order valence-corrected chi connectivity index (χ0v) is 17.6. The number of alkyl halides is 3. The molecule has 1 heterocycles. The van der Waals surface area contributed by atoms with Crippen molar-refractivity contribution in [1.82, 2.24) is 10.4 Å². The van der Waals surface area contributed by atoms with Crippen LogP contribution in [0, 0.1) is 0 Å². The fourth-order valence-corrected chi connectivity index (χ4v) is 2.71. The van der Waals surface area contributed by atoms with Crippen LogP contribution in [0.1, 0.15) is 21.5 Å². The molecule has 11 heteroatoms. The molecule has 164 valence electrons. The summed E-state index contributed by atoms with van der Waals surface area (Å²) in [6.45, 7) is 0. The van der Waals surface area contributed by atoms with Crippen LogP contribution in [0.3, 0.4) is 0 Å². The van der Waals surface area contributed by atoms with Gasteiger partial charge in [0.25, 0.3) is 0 Å². The van der Waals surface area contributed by atoms with E-state index in [4.69, 9.17) is 28.6 Å². The predicted molar refractivity (Wildman–Crippen MR) is 119 cm³/mol. The molecule has 2 N–H and O–H groups in total. The van der Waals surface area contributed by atoms with Gasteiger partial charge < -0.3 is 10.1 Å². The van der Waals surface area contributed by atoms with Crippen molar-refractivity contribution in [2.75, 3.05) is 5.32 Å². The maximum Gasteiger partial charge on any atom is 0.416 e. The molecule has 1 aromatic heterocycles. The minimum Gasteiger partial charge on any atom is -0.423 e. The Hall–Kier alpha value is -3.50. The van der Waals surface area contributed by atoms with E-state index >= 15 is 0 Å². The lowest BCUT2D eigenvalue weighted by Gasteiger charge is -2.12. The Labute approximate surface area is 191 Å². The number of pyridine rings is 1. The summed E-state index contributed by atoms with van der Waals surface area (Å²) in [5.41, 5.74) is 2.60. The maximum atomic E-state index is 12.8. The Morgan fingerprint density at radius 2 is 1.91 bits per heavy atom. The van der Waals surface area contributed by atoms with E-state index in [0.29, 0.717) is 16.9 Å². The molecule has 2 aromatic carbocycles. The van der Waals surface area contributed by atoms with Crippen molar-refractivity contribution in [1.29, 1.82) is 0 Å². The molecule has 0 unspecified atom stereocenters. The van der Waals surface area contributed by atoms with Crippen molar-refractivity contribution >= 4 is 46.8 Å². The number of nitrogens with zero attached hydrogens (tertiary/aromatic N) is 2. The summed E-state index contributed by atoms with van der Waals surface area (Å²) in [4.78, 5) is 15.9. The third-order valence-corrected chi connectivity index (χ3v) is 4.43. The SMILES string of the molecule is O=C(Oc1ccc(/C=N/NC(=S)Nc2cc(C(F)(F)F)ccc2Cl)cc1)c1cccnc1. The van der Waals surface area contributed by atoms with Gasteiger partial charge in [-0.15, -0.1) is 0 Å². The van der Waals surface area contributed by atoms with Gasteiger partial charge >= 0.3 is 12.1 Å². The summed E-state index contributed by atoms with van der Waals surface area (Å²) in [6, 6.07) is 12.5. The van der Waals surface area contributed by atoms with E-state index in [9.17, 15) is 18.0 Å². The summed E-state index contributed by atoms with van der Waals surface area (Å²) >= 11 is 10.9. The van der Waals surface area contributed by atoms with Gasteiger partial charge in [-0.1, -0.05) is 11.6 Å². The first-order valence-electron chi connectivity index (χ1n) is 8.91. The van der Waals surface area contributed by atoms with Crippen molar-refractivity contribution < 1.29 is 22.7 Å². The van der Waals surface area contributed by atoms with Crippen LogP contribution in [0.25, 0.3) is 0 Å². The minimum absolute atomic E-state index is 0.00558. The van der Waals surface area contributed by atoms with Crippen LogP contribution in [0.15, 0.2) is 72.1 Å². The van der Waals surface area contributed by atoms with E-state index in [1.54, 1.807) is 42.6 Å². The molecule has 0 aliphatic carbocycles. The lowest BCUT2D eigenvalue weighted by atomic mass is 10.2. The molecular weight excluding hydrogens is 465 g/mol. The molecule has 0 aliphatic rings. The molecule has 6 nitrogen and oxygen atoms in total. The molecular formula is C21H14ClF3N4O2S. The average Bonchev–Trinajstić information content (AvgIpc) is 2.76.